The van der Waals surface area contributed by atoms with Gasteiger partial charge >= 0.3 is 0 Å². The molecule has 0 amide bonds. The van der Waals surface area contributed by atoms with Crippen LogP contribution in [0.5, 0.6) is 0 Å². The third-order valence-corrected chi connectivity index (χ3v) is 2.94. The molecule has 0 aliphatic carbocycles. The Labute approximate surface area is 107 Å². The van der Waals surface area contributed by atoms with Crippen molar-refractivity contribution in [3.63, 3.8) is 0 Å². The Kier molecular flexibility index (Phi) is 4.17. The van der Waals surface area contributed by atoms with Crippen LogP contribution in [0.15, 0.2) is 30.6 Å². The first-order valence-corrected chi connectivity index (χ1v) is 6.26. The summed E-state index contributed by atoms with van der Waals surface area (Å²) in [6, 6.07) is 8.59. The third kappa shape index (κ3) is 3.00. The van der Waals surface area contributed by atoms with Crippen LogP contribution in [-0.2, 0) is 6.54 Å². The molecule has 0 aliphatic heterocycles. The summed E-state index contributed by atoms with van der Waals surface area (Å²) < 4.78 is 0. The molecule has 1 heterocycles. The molecule has 96 valence electrons. The Morgan fingerprint density at radius 1 is 1.17 bits per heavy atom. The Morgan fingerprint density at radius 2 is 1.89 bits per heavy atom. The Bertz CT molecular complexity index is 445. The predicted molar refractivity (Wildman–Crippen MR) is 73.7 cm³/mol. The van der Waals surface area contributed by atoms with E-state index in [2.05, 4.69) is 63.5 Å². The van der Waals surface area contributed by atoms with Gasteiger partial charge < -0.3 is 10.2 Å². The van der Waals surface area contributed by atoms with Crippen LogP contribution in [0.25, 0.3) is 0 Å². The second-order valence-electron chi connectivity index (χ2n) is 4.03. The smallest absolute Gasteiger partial charge is 0.218 e. The normalized spacial score (nSPS) is 10.3. The molecule has 2 N–H and O–H groups in total. The van der Waals surface area contributed by atoms with Gasteiger partial charge in [-0.05, 0) is 31.5 Å². The number of nitrogens with zero attached hydrogens (tertiary/aromatic N) is 3. The summed E-state index contributed by atoms with van der Waals surface area (Å²) in [6.07, 6.45) is 1.49. The highest BCUT2D eigenvalue weighted by atomic mass is 15.3. The van der Waals surface area contributed by atoms with Crippen molar-refractivity contribution < 1.29 is 0 Å². The lowest BCUT2D eigenvalue weighted by atomic mass is 10.2. The maximum Gasteiger partial charge on any atom is 0.218 e. The van der Waals surface area contributed by atoms with Gasteiger partial charge in [0.05, 0.1) is 0 Å². The summed E-state index contributed by atoms with van der Waals surface area (Å²) in [5.74, 6) is 0.697. The van der Waals surface area contributed by atoms with Crippen molar-refractivity contribution >= 4 is 11.6 Å². The van der Waals surface area contributed by atoms with E-state index in [0.717, 1.165) is 19.6 Å². The van der Waals surface area contributed by atoms with E-state index in [9.17, 15) is 0 Å². The summed E-state index contributed by atoms with van der Waals surface area (Å²) in [7, 11) is 0. The van der Waals surface area contributed by atoms with Gasteiger partial charge in [-0.2, -0.15) is 5.10 Å². The average Bonchev–Trinajstić information content (AvgIpc) is 2.92. The summed E-state index contributed by atoms with van der Waals surface area (Å²) in [5, 5.41) is 9.74. The monoisotopic (exact) mass is 245 g/mol. The highest BCUT2D eigenvalue weighted by Crippen LogP contribution is 2.15. The third-order valence-electron chi connectivity index (χ3n) is 2.94. The molecule has 0 bridgehead atoms. The van der Waals surface area contributed by atoms with Gasteiger partial charge in [-0.15, -0.1) is 0 Å². The Hall–Kier alpha value is -2.04. The maximum absolute atomic E-state index is 4.02. The van der Waals surface area contributed by atoms with Crippen molar-refractivity contribution in [2.24, 2.45) is 0 Å². The first-order valence-electron chi connectivity index (χ1n) is 6.26. The number of H-pyrrole nitrogens is 1. The van der Waals surface area contributed by atoms with E-state index in [-0.39, 0.29) is 0 Å². The minimum Gasteiger partial charge on any atom is -0.372 e. The fourth-order valence-corrected chi connectivity index (χ4v) is 1.89. The lowest BCUT2D eigenvalue weighted by molar-refractivity contribution is 0.865. The predicted octanol–water partition coefficient (Wildman–Crippen LogP) is 2.26. The largest absolute Gasteiger partial charge is 0.372 e. The van der Waals surface area contributed by atoms with Crippen molar-refractivity contribution in [1.82, 2.24) is 15.2 Å². The van der Waals surface area contributed by atoms with E-state index in [0.29, 0.717) is 5.95 Å². The van der Waals surface area contributed by atoms with E-state index in [1.807, 2.05) is 0 Å². The van der Waals surface area contributed by atoms with Gasteiger partial charge in [0.1, 0.15) is 6.33 Å². The molecule has 0 unspecified atom stereocenters. The fraction of sp³-hybridized carbons (Fsp3) is 0.385. The molecule has 0 aliphatic rings. The zero-order valence-electron chi connectivity index (χ0n) is 10.8. The average molecular weight is 245 g/mol. The van der Waals surface area contributed by atoms with Gasteiger partial charge in [0, 0.05) is 25.3 Å². The number of aromatic nitrogens is 3. The Balaban J connectivity index is 1.95. The van der Waals surface area contributed by atoms with E-state index >= 15 is 0 Å². The number of hydrogen-bond donors (Lipinski definition) is 2. The van der Waals surface area contributed by atoms with E-state index in [4.69, 9.17) is 0 Å². The van der Waals surface area contributed by atoms with Gasteiger partial charge in [0.25, 0.3) is 0 Å². The summed E-state index contributed by atoms with van der Waals surface area (Å²) >= 11 is 0. The van der Waals surface area contributed by atoms with Gasteiger partial charge in [-0.1, -0.05) is 12.1 Å². The molecule has 0 radical (unpaired) electrons. The maximum atomic E-state index is 4.02. The van der Waals surface area contributed by atoms with Crippen molar-refractivity contribution in [3.05, 3.63) is 36.2 Å². The number of benzene rings is 1. The highest BCUT2D eigenvalue weighted by molar-refractivity contribution is 5.47. The van der Waals surface area contributed by atoms with Crippen molar-refractivity contribution in [2.45, 2.75) is 20.4 Å². The first kappa shape index (κ1) is 12.4. The van der Waals surface area contributed by atoms with E-state index < -0.39 is 0 Å². The summed E-state index contributed by atoms with van der Waals surface area (Å²) in [6.45, 7) is 7.15. The molecule has 0 fully saturated rings. The second-order valence-corrected chi connectivity index (χ2v) is 4.03. The minimum absolute atomic E-state index is 0.697. The topological polar surface area (TPSA) is 56.8 Å². The lowest BCUT2D eigenvalue weighted by Crippen LogP contribution is -2.21. The molecule has 0 saturated heterocycles. The quantitative estimate of drug-likeness (QED) is 0.819. The second kappa shape index (κ2) is 6.05. The number of hydrogen-bond acceptors (Lipinski definition) is 4. The molecule has 0 saturated carbocycles. The van der Waals surface area contributed by atoms with Crippen LogP contribution < -0.4 is 10.2 Å². The molecule has 0 atom stereocenters. The van der Waals surface area contributed by atoms with Crippen LogP contribution in [0, 0.1) is 0 Å². The zero-order valence-corrected chi connectivity index (χ0v) is 10.8. The molecule has 18 heavy (non-hydrogen) atoms. The fourth-order valence-electron chi connectivity index (χ4n) is 1.89. The molecular weight excluding hydrogens is 226 g/mol. The first-order chi connectivity index (χ1) is 8.83. The molecule has 2 rings (SSSR count). The number of aromatic amines is 1. The van der Waals surface area contributed by atoms with Gasteiger partial charge in [-0.25, -0.2) is 10.1 Å². The summed E-state index contributed by atoms with van der Waals surface area (Å²) in [4.78, 5) is 6.34. The van der Waals surface area contributed by atoms with Gasteiger partial charge in [-0.3, -0.25) is 0 Å². The summed E-state index contributed by atoms with van der Waals surface area (Å²) in [5.41, 5.74) is 2.49. The molecule has 5 heteroatoms. The van der Waals surface area contributed by atoms with Crippen molar-refractivity contribution in [1.29, 1.82) is 0 Å². The minimum atomic E-state index is 0.697. The number of anilines is 2. The van der Waals surface area contributed by atoms with Crippen LogP contribution in [0.3, 0.4) is 0 Å². The molecule has 1 aromatic heterocycles. The van der Waals surface area contributed by atoms with Crippen LogP contribution in [0.2, 0.25) is 0 Å². The zero-order chi connectivity index (χ0) is 12.8. The van der Waals surface area contributed by atoms with Crippen LogP contribution >= 0.6 is 0 Å². The number of nitrogens with one attached hydrogen (secondary N) is 2. The van der Waals surface area contributed by atoms with E-state index in [1.165, 1.54) is 17.6 Å². The molecule has 5 nitrogen and oxygen atoms in total. The molecular formula is C13H19N5. The SMILES string of the molecule is CCN(CC)c1ccc(CNc2ncn[nH]2)cc1. The van der Waals surface area contributed by atoms with Crippen molar-refractivity contribution in [3.8, 4) is 0 Å². The van der Waals surface area contributed by atoms with Crippen LogP contribution in [0.4, 0.5) is 11.6 Å². The molecule has 0 spiro atoms. The Morgan fingerprint density at radius 3 is 2.44 bits per heavy atom. The standard InChI is InChI=1S/C13H19N5/c1-3-18(4-2)12-7-5-11(6-8-12)9-14-13-15-10-16-17-13/h5-8,10H,3-4,9H2,1-2H3,(H2,14,15,16,17). The van der Waals surface area contributed by atoms with Crippen LogP contribution in [0.1, 0.15) is 19.4 Å². The number of rotatable bonds is 6. The van der Waals surface area contributed by atoms with Gasteiger partial charge in [0.15, 0.2) is 0 Å². The highest BCUT2D eigenvalue weighted by Gasteiger charge is 2.01. The van der Waals surface area contributed by atoms with E-state index in [1.54, 1.807) is 0 Å². The molecule has 2 aromatic rings. The molecule has 1 aromatic carbocycles. The lowest BCUT2D eigenvalue weighted by Gasteiger charge is -2.21. The van der Waals surface area contributed by atoms with Crippen molar-refractivity contribution in [2.75, 3.05) is 23.3 Å². The van der Waals surface area contributed by atoms with Crippen LogP contribution in [-0.4, -0.2) is 28.3 Å². The van der Waals surface area contributed by atoms with Gasteiger partial charge in [0.2, 0.25) is 5.95 Å².